The lowest BCUT2D eigenvalue weighted by atomic mass is 9.91. The predicted molar refractivity (Wildman–Crippen MR) is 232 cm³/mol. The minimum atomic E-state index is 0.616. The third kappa shape index (κ3) is 3.94. The monoisotopic (exact) mass is 717 g/mol. The van der Waals surface area contributed by atoms with Gasteiger partial charge in [-0.05, 0) is 80.2 Å². The molecule has 0 unspecified atom stereocenters. The minimum absolute atomic E-state index is 0.616. The van der Waals surface area contributed by atoms with E-state index in [1.54, 1.807) is 0 Å². The zero-order valence-electron chi connectivity index (χ0n) is 29.2. The highest BCUT2D eigenvalue weighted by atomic mass is 32.1. The molecule has 254 valence electrons. The van der Waals surface area contributed by atoms with Crippen molar-refractivity contribution in [2.45, 2.75) is 0 Å². The highest BCUT2D eigenvalue weighted by molar-refractivity contribution is 7.25. The van der Waals surface area contributed by atoms with Crippen molar-refractivity contribution in [3.63, 3.8) is 0 Å². The number of fused-ring (bicyclic) bond motifs is 17. The molecule has 0 bridgehead atoms. The molecule has 13 aromatic rings. The summed E-state index contributed by atoms with van der Waals surface area (Å²) in [6, 6.07) is 58.9. The van der Waals surface area contributed by atoms with Crippen molar-refractivity contribution in [1.82, 2.24) is 14.5 Å². The number of nitrogens with zero attached hydrogens (tertiary/aromatic N) is 3. The average molecular weight is 718 g/mol. The van der Waals surface area contributed by atoms with Crippen LogP contribution in [0.3, 0.4) is 0 Å². The van der Waals surface area contributed by atoms with Crippen molar-refractivity contribution in [1.29, 1.82) is 0 Å². The average Bonchev–Trinajstić information content (AvgIpc) is 3.92. The number of rotatable bonds is 2. The summed E-state index contributed by atoms with van der Waals surface area (Å²) in [5.41, 5.74) is 6.26. The Labute approximate surface area is 317 Å². The van der Waals surface area contributed by atoms with Gasteiger partial charge in [0, 0.05) is 47.3 Å². The number of hydrogen-bond acceptors (Lipinski definition) is 4. The molecule has 0 saturated carbocycles. The van der Waals surface area contributed by atoms with Gasteiger partial charge in [-0.3, -0.25) is 4.57 Å². The molecule has 0 atom stereocenters. The summed E-state index contributed by atoms with van der Waals surface area (Å²) in [4.78, 5) is 11.0. The molecule has 0 N–H and O–H groups in total. The van der Waals surface area contributed by atoms with Gasteiger partial charge in [-0.1, -0.05) is 121 Å². The van der Waals surface area contributed by atoms with Crippen molar-refractivity contribution >= 4 is 118 Å². The van der Waals surface area contributed by atoms with Crippen molar-refractivity contribution in [3.05, 3.63) is 164 Å². The Morgan fingerprint density at radius 3 is 1.89 bits per heavy atom. The molecule has 0 spiro atoms. The highest BCUT2D eigenvalue weighted by Crippen LogP contribution is 2.46. The Balaban J connectivity index is 1.24. The first-order valence-corrected chi connectivity index (χ1v) is 19.4. The fraction of sp³-hybridized carbons (Fsp3) is 0. The maximum Gasteiger partial charge on any atom is 0.236 e. The maximum absolute atomic E-state index is 6.70. The lowest BCUT2D eigenvalue weighted by Gasteiger charge is -2.13. The Morgan fingerprint density at radius 1 is 0.436 bits per heavy atom. The lowest BCUT2D eigenvalue weighted by Crippen LogP contribution is -2.03. The zero-order chi connectivity index (χ0) is 35.8. The molecule has 0 saturated heterocycles. The summed E-state index contributed by atoms with van der Waals surface area (Å²) in [5, 5.41) is 15.6. The van der Waals surface area contributed by atoms with Crippen LogP contribution in [0.25, 0.3) is 124 Å². The molecule has 9 aromatic carbocycles. The molecule has 0 aliphatic rings. The summed E-state index contributed by atoms with van der Waals surface area (Å²) in [6.07, 6.45) is 0. The minimum Gasteiger partial charge on any atom is -0.452 e. The Kier molecular flexibility index (Phi) is 5.74. The molecule has 0 aliphatic carbocycles. The van der Waals surface area contributed by atoms with Crippen LogP contribution >= 0.6 is 11.3 Å². The molecule has 4 heterocycles. The van der Waals surface area contributed by atoms with E-state index in [0.29, 0.717) is 11.5 Å². The van der Waals surface area contributed by atoms with E-state index in [1.165, 1.54) is 74.0 Å². The number of benzene rings is 9. The SMILES string of the molecule is c1ccc2cc3c(cc2c1)c1c2c4ccccc4c4ccccc4c2ccc1n3-c1nc(-c2cccc3sc4ccccc4c23)c2oc3ccccc3c2n1. The Morgan fingerprint density at radius 2 is 1.07 bits per heavy atom. The van der Waals surface area contributed by atoms with Crippen LogP contribution in [0.15, 0.2) is 168 Å². The van der Waals surface area contributed by atoms with Crippen LogP contribution in [-0.2, 0) is 0 Å². The molecule has 55 heavy (non-hydrogen) atoms. The van der Waals surface area contributed by atoms with Crippen LogP contribution in [-0.4, -0.2) is 14.5 Å². The van der Waals surface area contributed by atoms with Gasteiger partial charge in [-0.2, -0.15) is 0 Å². The van der Waals surface area contributed by atoms with Crippen LogP contribution in [0.5, 0.6) is 0 Å². The summed E-state index contributed by atoms with van der Waals surface area (Å²) in [7, 11) is 0. The van der Waals surface area contributed by atoms with E-state index in [2.05, 4.69) is 156 Å². The second-order valence-electron chi connectivity index (χ2n) is 14.5. The smallest absolute Gasteiger partial charge is 0.236 e. The van der Waals surface area contributed by atoms with Crippen LogP contribution in [0, 0.1) is 0 Å². The van der Waals surface area contributed by atoms with Gasteiger partial charge in [-0.25, -0.2) is 9.97 Å². The molecule has 4 aromatic heterocycles. The molecule has 0 radical (unpaired) electrons. The first kappa shape index (κ1) is 29.4. The van der Waals surface area contributed by atoms with Crippen LogP contribution in [0.4, 0.5) is 0 Å². The van der Waals surface area contributed by atoms with E-state index in [4.69, 9.17) is 14.4 Å². The molecular weight excluding hydrogens is 691 g/mol. The van der Waals surface area contributed by atoms with Gasteiger partial charge in [-0.15, -0.1) is 11.3 Å². The van der Waals surface area contributed by atoms with Gasteiger partial charge in [0.2, 0.25) is 5.95 Å². The number of hydrogen-bond donors (Lipinski definition) is 0. The van der Waals surface area contributed by atoms with Gasteiger partial charge in [0.15, 0.2) is 5.58 Å². The highest BCUT2D eigenvalue weighted by Gasteiger charge is 2.25. The third-order valence-electron chi connectivity index (χ3n) is 11.6. The first-order chi connectivity index (χ1) is 27.3. The maximum atomic E-state index is 6.70. The van der Waals surface area contributed by atoms with Crippen molar-refractivity contribution in [3.8, 4) is 17.2 Å². The van der Waals surface area contributed by atoms with Crippen LogP contribution in [0.1, 0.15) is 0 Å². The number of para-hydroxylation sites is 1. The Bertz CT molecular complexity index is 3760. The molecule has 13 rings (SSSR count). The summed E-state index contributed by atoms with van der Waals surface area (Å²) < 4.78 is 11.5. The fourth-order valence-corrected chi connectivity index (χ4v) is 10.4. The standard InChI is InChI=1S/C50H27N3OS/c1-2-13-29-27-40-38(26-28(29)12-1)46-39(25-24-34-32-16-4-3-14-30(32)31-15-5-6-17-33(31)45(34)46)53(40)50-51-47-35-18-7-9-21-41(35)54-49(47)48(52-50)37-20-11-23-43-44(37)36-19-8-10-22-42(36)55-43/h1-27H. The van der Waals surface area contributed by atoms with E-state index in [1.807, 2.05) is 23.5 Å². The molecule has 4 nitrogen and oxygen atoms in total. The quantitative estimate of drug-likeness (QED) is 0.167. The Hall–Kier alpha value is -7.08. The molecule has 0 aliphatic heterocycles. The first-order valence-electron chi connectivity index (χ1n) is 18.6. The van der Waals surface area contributed by atoms with Crippen LogP contribution < -0.4 is 0 Å². The normalized spacial score (nSPS) is 12.4. The van der Waals surface area contributed by atoms with Crippen molar-refractivity contribution in [2.75, 3.05) is 0 Å². The molecule has 5 heteroatoms. The number of furan rings is 1. The summed E-state index contributed by atoms with van der Waals surface area (Å²) >= 11 is 1.81. The van der Waals surface area contributed by atoms with Crippen molar-refractivity contribution < 1.29 is 4.42 Å². The molecule has 0 fully saturated rings. The van der Waals surface area contributed by atoms with Gasteiger partial charge in [0.05, 0.1) is 11.0 Å². The lowest BCUT2D eigenvalue weighted by molar-refractivity contribution is 0.666. The molecular formula is C50H27N3OS. The van der Waals surface area contributed by atoms with E-state index in [0.717, 1.165) is 38.8 Å². The predicted octanol–water partition coefficient (Wildman–Crippen LogP) is 14.1. The van der Waals surface area contributed by atoms with E-state index in [9.17, 15) is 0 Å². The topological polar surface area (TPSA) is 43.9 Å². The van der Waals surface area contributed by atoms with E-state index < -0.39 is 0 Å². The fourth-order valence-electron chi connectivity index (χ4n) is 9.24. The number of aromatic nitrogens is 3. The molecule has 0 amide bonds. The van der Waals surface area contributed by atoms with E-state index in [-0.39, 0.29) is 0 Å². The van der Waals surface area contributed by atoms with E-state index >= 15 is 0 Å². The van der Waals surface area contributed by atoms with Gasteiger partial charge in [0.1, 0.15) is 16.8 Å². The van der Waals surface area contributed by atoms with Gasteiger partial charge < -0.3 is 4.42 Å². The summed E-state index contributed by atoms with van der Waals surface area (Å²) in [5.74, 6) is 0.616. The van der Waals surface area contributed by atoms with Crippen LogP contribution in [0.2, 0.25) is 0 Å². The third-order valence-corrected chi connectivity index (χ3v) is 12.7. The largest absolute Gasteiger partial charge is 0.452 e. The van der Waals surface area contributed by atoms with Crippen molar-refractivity contribution in [2.24, 2.45) is 0 Å². The number of thiophene rings is 1. The van der Waals surface area contributed by atoms with Gasteiger partial charge in [0.25, 0.3) is 0 Å². The zero-order valence-corrected chi connectivity index (χ0v) is 30.1. The second kappa shape index (κ2) is 10.8. The van der Waals surface area contributed by atoms with Gasteiger partial charge >= 0.3 is 0 Å². The second-order valence-corrected chi connectivity index (χ2v) is 15.5. The summed E-state index contributed by atoms with van der Waals surface area (Å²) in [6.45, 7) is 0.